The molecular formula is C29H40O9. The molecule has 1 saturated heterocycles. The van der Waals surface area contributed by atoms with Gasteiger partial charge in [-0.15, -0.1) is 0 Å². The van der Waals surface area contributed by atoms with Crippen LogP contribution >= 0.6 is 0 Å². The summed E-state index contributed by atoms with van der Waals surface area (Å²) in [5, 5.41) is 11.6. The van der Waals surface area contributed by atoms with Crippen LogP contribution < -0.4 is 0 Å². The fourth-order valence-corrected chi connectivity index (χ4v) is 7.21. The number of ether oxygens (including phenoxy) is 4. The number of Topliss-reactive ketones (excluding diaryl/α,β-unsaturated/α-hetero) is 1. The first kappa shape index (κ1) is 28.5. The molecule has 1 heterocycles. The Morgan fingerprint density at radius 1 is 1.03 bits per heavy atom. The third-order valence-corrected chi connectivity index (χ3v) is 9.30. The Morgan fingerprint density at radius 3 is 2.16 bits per heavy atom. The van der Waals surface area contributed by atoms with Crippen molar-refractivity contribution in [3.8, 4) is 0 Å². The second-order valence-electron chi connectivity index (χ2n) is 12.2. The van der Waals surface area contributed by atoms with E-state index in [0.29, 0.717) is 17.6 Å². The number of allylic oxidation sites excluding steroid dienone is 1. The molecule has 0 aromatic rings. The van der Waals surface area contributed by atoms with Crippen molar-refractivity contribution in [1.29, 1.82) is 0 Å². The molecule has 1 unspecified atom stereocenters. The summed E-state index contributed by atoms with van der Waals surface area (Å²) >= 11 is 0. The summed E-state index contributed by atoms with van der Waals surface area (Å²) < 4.78 is 23.6. The van der Waals surface area contributed by atoms with E-state index < -0.39 is 64.9 Å². The number of aliphatic hydroxyl groups is 1. The number of fused-ring (bicyclic) bond motifs is 1. The number of carbonyl (C=O) groups is 4. The first-order valence-electron chi connectivity index (χ1n) is 13.4. The number of carbonyl (C=O) groups excluding carboxylic acids is 4. The van der Waals surface area contributed by atoms with Gasteiger partial charge in [0.25, 0.3) is 0 Å². The monoisotopic (exact) mass is 532 g/mol. The predicted molar refractivity (Wildman–Crippen MR) is 135 cm³/mol. The van der Waals surface area contributed by atoms with Crippen molar-refractivity contribution in [1.82, 2.24) is 0 Å². The number of esters is 3. The van der Waals surface area contributed by atoms with Crippen molar-refractivity contribution in [2.75, 3.05) is 0 Å². The van der Waals surface area contributed by atoms with E-state index in [2.05, 4.69) is 0 Å². The van der Waals surface area contributed by atoms with E-state index in [0.717, 1.165) is 0 Å². The second-order valence-corrected chi connectivity index (χ2v) is 12.2. The number of epoxide rings is 1. The average molecular weight is 533 g/mol. The van der Waals surface area contributed by atoms with Gasteiger partial charge in [-0.05, 0) is 50.2 Å². The van der Waals surface area contributed by atoms with Crippen LogP contribution in [0.5, 0.6) is 0 Å². The van der Waals surface area contributed by atoms with Crippen molar-refractivity contribution in [3.05, 3.63) is 23.3 Å². The van der Waals surface area contributed by atoms with E-state index in [4.69, 9.17) is 18.9 Å². The van der Waals surface area contributed by atoms with Crippen molar-refractivity contribution >= 4 is 23.7 Å². The van der Waals surface area contributed by atoms with Crippen molar-refractivity contribution in [2.45, 2.75) is 104 Å². The summed E-state index contributed by atoms with van der Waals surface area (Å²) in [6.07, 6.45) is -0.143. The largest absolute Gasteiger partial charge is 0.461 e. The molecule has 38 heavy (non-hydrogen) atoms. The average Bonchev–Trinajstić information content (AvgIpc) is 3.62. The van der Waals surface area contributed by atoms with Crippen LogP contribution in [0.2, 0.25) is 0 Å². The number of hydrogen-bond acceptors (Lipinski definition) is 9. The zero-order valence-corrected chi connectivity index (χ0v) is 23.7. The highest BCUT2D eigenvalue weighted by atomic mass is 16.7. The van der Waals surface area contributed by atoms with Gasteiger partial charge >= 0.3 is 17.9 Å². The third-order valence-electron chi connectivity index (χ3n) is 9.30. The van der Waals surface area contributed by atoms with Gasteiger partial charge in [0.2, 0.25) is 0 Å². The van der Waals surface area contributed by atoms with E-state index in [1.165, 1.54) is 13.8 Å². The maximum atomic E-state index is 14.2. The van der Waals surface area contributed by atoms with Gasteiger partial charge in [0, 0.05) is 31.3 Å². The van der Waals surface area contributed by atoms with E-state index in [-0.39, 0.29) is 23.5 Å². The summed E-state index contributed by atoms with van der Waals surface area (Å²) in [6, 6.07) is 0. The molecule has 9 heteroatoms. The summed E-state index contributed by atoms with van der Waals surface area (Å²) in [6.45, 7) is 15.2. The Balaban J connectivity index is 1.87. The van der Waals surface area contributed by atoms with Gasteiger partial charge in [-0.3, -0.25) is 14.4 Å². The molecule has 2 saturated carbocycles. The number of rotatable bonds is 4. The Kier molecular flexibility index (Phi) is 6.97. The molecule has 0 bridgehead atoms. The lowest BCUT2D eigenvalue weighted by molar-refractivity contribution is -0.157. The molecule has 0 spiro atoms. The maximum Gasteiger partial charge on any atom is 0.333 e. The molecule has 210 valence electrons. The van der Waals surface area contributed by atoms with Gasteiger partial charge in [-0.1, -0.05) is 33.8 Å². The van der Waals surface area contributed by atoms with Gasteiger partial charge in [-0.25, -0.2) is 4.79 Å². The van der Waals surface area contributed by atoms with Crippen LogP contribution in [0.25, 0.3) is 0 Å². The summed E-state index contributed by atoms with van der Waals surface area (Å²) in [7, 11) is 0. The Labute approximate surface area is 223 Å². The molecule has 3 fully saturated rings. The highest BCUT2D eigenvalue weighted by molar-refractivity contribution is 5.96. The van der Waals surface area contributed by atoms with E-state index >= 15 is 0 Å². The molecule has 0 amide bonds. The highest BCUT2D eigenvalue weighted by Gasteiger charge is 2.84. The lowest BCUT2D eigenvalue weighted by Gasteiger charge is -2.28. The fourth-order valence-electron chi connectivity index (χ4n) is 7.21. The van der Waals surface area contributed by atoms with E-state index in [1.807, 2.05) is 20.8 Å². The Bertz CT molecular complexity index is 1120. The summed E-state index contributed by atoms with van der Waals surface area (Å²) in [4.78, 5) is 51.3. The van der Waals surface area contributed by atoms with Crippen LogP contribution in [-0.4, -0.2) is 64.4 Å². The zero-order valence-electron chi connectivity index (χ0n) is 23.7. The number of aliphatic hydroxyl groups excluding tert-OH is 1. The summed E-state index contributed by atoms with van der Waals surface area (Å²) in [5.41, 5.74) is -2.22. The molecule has 9 nitrogen and oxygen atoms in total. The Morgan fingerprint density at radius 2 is 1.61 bits per heavy atom. The highest BCUT2D eigenvalue weighted by Crippen LogP contribution is 2.68. The predicted octanol–water partition coefficient (Wildman–Crippen LogP) is 3.07. The van der Waals surface area contributed by atoms with Crippen molar-refractivity contribution in [2.24, 2.45) is 29.1 Å². The van der Waals surface area contributed by atoms with E-state index in [1.54, 1.807) is 39.8 Å². The number of hydrogen-bond donors (Lipinski definition) is 1. The van der Waals surface area contributed by atoms with Gasteiger partial charge in [0.1, 0.15) is 24.4 Å². The molecule has 4 aliphatic rings. The fraction of sp³-hybridized carbons (Fsp3) is 0.724. The van der Waals surface area contributed by atoms with Gasteiger partial charge in [-0.2, -0.15) is 0 Å². The molecule has 0 aromatic heterocycles. The number of ketones is 1. The molecule has 1 aliphatic heterocycles. The molecule has 1 N–H and O–H groups in total. The van der Waals surface area contributed by atoms with Crippen molar-refractivity contribution in [3.63, 3.8) is 0 Å². The van der Waals surface area contributed by atoms with Gasteiger partial charge < -0.3 is 24.1 Å². The zero-order chi connectivity index (χ0) is 28.5. The van der Waals surface area contributed by atoms with Crippen molar-refractivity contribution < 1.29 is 43.2 Å². The minimum absolute atomic E-state index is 0.198. The van der Waals surface area contributed by atoms with Crippen LogP contribution in [0.3, 0.4) is 0 Å². The third kappa shape index (κ3) is 4.13. The summed E-state index contributed by atoms with van der Waals surface area (Å²) in [5.74, 6) is -3.52. The van der Waals surface area contributed by atoms with Gasteiger partial charge in [0.15, 0.2) is 17.0 Å². The van der Waals surface area contributed by atoms with Crippen LogP contribution in [0.4, 0.5) is 0 Å². The minimum Gasteiger partial charge on any atom is -0.461 e. The molecule has 3 aliphatic carbocycles. The molecule has 10 atom stereocenters. The van der Waals surface area contributed by atoms with Gasteiger partial charge in [0.05, 0.1) is 5.92 Å². The lowest BCUT2D eigenvalue weighted by atomic mass is 9.80. The van der Waals surface area contributed by atoms with Crippen LogP contribution in [0.15, 0.2) is 23.3 Å². The molecule has 0 aromatic carbocycles. The first-order chi connectivity index (χ1) is 17.6. The normalized spacial score (nSPS) is 44.7. The van der Waals surface area contributed by atoms with Crippen LogP contribution in [-0.2, 0) is 38.1 Å². The SMILES string of the molecule is C/C=C(\C)C(=O)OC1[C@H](O)/C(C)=C/[C@@]23O[C@@]2(C[C@H](C)[C@@H]3OC(C)=O)C(=O)[C@H](C)[C@H](OC(C)=O)[C@@H]2[C@H]1C2(C)C. The lowest BCUT2D eigenvalue weighted by Crippen LogP contribution is -2.43. The first-order valence-corrected chi connectivity index (χ1v) is 13.4. The molecule has 4 rings (SSSR count). The molecule has 0 radical (unpaired) electrons. The smallest absolute Gasteiger partial charge is 0.333 e. The molecular weight excluding hydrogens is 492 g/mol. The topological polar surface area (TPSA) is 129 Å². The Hall–Kier alpha value is -2.52. The van der Waals surface area contributed by atoms with Crippen LogP contribution in [0, 0.1) is 29.1 Å². The second kappa shape index (κ2) is 9.30. The van der Waals surface area contributed by atoms with E-state index in [9.17, 15) is 24.3 Å². The standard InChI is InChI=1S/C29H40O9/c1-10-13(2)26(34)37-23-20-19(27(20,8)9)22(35-17(6)30)16(5)24(33)28-12-15(4)25(36-18(7)31)29(28,38-28)11-14(3)21(23)32/h10-11,15-16,19-23,25,32H,12H2,1-9H3/b13-10+,14-11+/t15-,16+,19-,20+,21+,22-,23?,25-,28-,29-/m0/s1. The quantitative estimate of drug-likeness (QED) is 0.191. The van der Waals surface area contributed by atoms with Crippen LogP contribution in [0.1, 0.15) is 68.7 Å². The maximum absolute atomic E-state index is 14.2. The minimum atomic E-state index is -1.28.